The van der Waals surface area contributed by atoms with Gasteiger partial charge in [0.25, 0.3) is 0 Å². The molecule has 4 unspecified atom stereocenters. The predicted octanol–water partition coefficient (Wildman–Crippen LogP) is -3.38. The fourth-order valence-corrected chi connectivity index (χ4v) is 3.13. The lowest BCUT2D eigenvalue weighted by molar-refractivity contribution is -0.147. The summed E-state index contributed by atoms with van der Waals surface area (Å²) in [5.74, 6) is -5.91. The number of guanidine groups is 1. The van der Waals surface area contributed by atoms with Crippen molar-refractivity contribution in [3.63, 3.8) is 0 Å². The fraction of sp³-hybridized carbons (Fsp3) is 0.455. The Morgan fingerprint density at radius 1 is 0.865 bits per heavy atom. The standard InChI is InChI=1S/C22H33N7O8/c23-13(9-12-5-2-1-3-6-12)18(33)29-16(11-30)20(35)27-14(7-4-8-26-22(24)25)19(34)28-15(21(36)37)10-17(31)32/h1-3,5-6,13-16,30H,4,7-11,23H2,(H,27,35)(H,28,34)(H,29,33)(H,31,32)(H,36,37)(H4,24,25,26). The largest absolute Gasteiger partial charge is 0.481 e. The number of aliphatic hydroxyl groups excluding tert-OH is 1. The molecule has 0 aliphatic rings. The van der Waals surface area contributed by atoms with Crippen LogP contribution < -0.4 is 33.2 Å². The molecule has 0 heterocycles. The third-order valence-electron chi connectivity index (χ3n) is 5.02. The van der Waals surface area contributed by atoms with Gasteiger partial charge in [-0.1, -0.05) is 30.3 Å². The number of rotatable bonds is 16. The van der Waals surface area contributed by atoms with Gasteiger partial charge in [-0.3, -0.25) is 24.2 Å². The molecule has 0 saturated carbocycles. The van der Waals surface area contributed by atoms with Crippen molar-refractivity contribution in [3.05, 3.63) is 35.9 Å². The second-order valence-electron chi connectivity index (χ2n) is 8.05. The van der Waals surface area contributed by atoms with Gasteiger partial charge in [0.2, 0.25) is 17.7 Å². The third-order valence-corrected chi connectivity index (χ3v) is 5.02. The van der Waals surface area contributed by atoms with Crippen molar-refractivity contribution in [2.24, 2.45) is 22.2 Å². The van der Waals surface area contributed by atoms with Gasteiger partial charge in [-0.05, 0) is 24.8 Å². The van der Waals surface area contributed by atoms with Crippen molar-refractivity contribution in [3.8, 4) is 0 Å². The lowest BCUT2D eigenvalue weighted by Gasteiger charge is -2.24. The van der Waals surface area contributed by atoms with Crippen LogP contribution in [0, 0.1) is 0 Å². The normalized spacial score (nSPS) is 13.8. The van der Waals surface area contributed by atoms with Gasteiger partial charge in [0.05, 0.1) is 19.1 Å². The summed E-state index contributed by atoms with van der Waals surface area (Å²) in [7, 11) is 0. The topological polar surface area (TPSA) is 273 Å². The predicted molar refractivity (Wildman–Crippen MR) is 131 cm³/mol. The summed E-state index contributed by atoms with van der Waals surface area (Å²) in [4.78, 5) is 63.9. The van der Waals surface area contributed by atoms with Crippen molar-refractivity contribution in [2.75, 3.05) is 13.2 Å². The molecular formula is C22H33N7O8. The van der Waals surface area contributed by atoms with E-state index in [0.29, 0.717) is 0 Å². The Bertz CT molecular complexity index is 969. The summed E-state index contributed by atoms with van der Waals surface area (Å²) in [5.41, 5.74) is 17.2. The Morgan fingerprint density at radius 2 is 1.43 bits per heavy atom. The van der Waals surface area contributed by atoms with Crippen molar-refractivity contribution in [1.82, 2.24) is 16.0 Å². The molecule has 4 atom stereocenters. The number of aliphatic hydroxyl groups is 1. The molecule has 0 spiro atoms. The molecule has 0 radical (unpaired) electrons. The molecule has 0 aliphatic heterocycles. The highest BCUT2D eigenvalue weighted by Crippen LogP contribution is 2.04. The molecule has 1 aromatic rings. The van der Waals surface area contributed by atoms with Crippen molar-refractivity contribution in [1.29, 1.82) is 0 Å². The Morgan fingerprint density at radius 3 is 1.97 bits per heavy atom. The molecule has 1 aromatic carbocycles. The molecule has 37 heavy (non-hydrogen) atoms. The van der Waals surface area contributed by atoms with Crippen molar-refractivity contribution < 1.29 is 39.3 Å². The maximum Gasteiger partial charge on any atom is 0.326 e. The summed E-state index contributed by atoms with van der Waals surface area (Å²) in [6.45, 7) is -0.747. The number of carboxylic acids is 2. The number of nitrogens with zero attached hydrogens (tertiary/aromatic N) is 1. The smallest absolute Gasteiger partial charge is 0.326 e. The summed E-state index contributed by atoms with van der Waals surface area (Å²) in [6, 6.07) is 3.25. The molecule has 0 saturated heterocycles. The van der Waals surface area contributed by atoms with E-state index in [1.165, 1.54) is 0 Å². The second kappa shape index (κ2) is 15.7. The zero-order valence-electron chi connectivity index (χ0n) is 20.0. The van der Waals surface area contributed by atoms with Crippen LogP contribution in [0.2, 0.25) is 0 Å². The van der Waals surface area contributed by atoms with Gasteiger partial charge in [-0.25, -0.2) is 4.79 Å². The maximum absolute atomic E-state index is 12.8. The molecule has 204 valence electrons. The molecule has 3 amide bonds. The van der Waals surface area contributed by atoms with Crippen molar-refractivity contribution >= 4 is 35.6 Å². The Hall–Kier alpha value is -4.24. The van der Waals surface area contributed by atoms with E-state index in [1.807, 2.05) is 0 Å². The van der Waals surface area contributed by atoms with E-state index in [0.717, 1.165) is 5.56 Å². The summed E-state index contributed by atoms with van der Waals surface area (Å²) in [5, 5.41) is 34.4. The van der Waals surface area contributed by atoms with Gasteiger partial charge in [0.15, 0.2) is 5.96 Å². The first-order valence-corrected chi connectivity index (χ1v) is 11.3. The average molecular weight is 524 g/mol. The summed E-state index contributed by atoms with van der Waals surface area (Å²) in [6.07, 6.45) is -0.634. The summed E-state index contributed by atoms with van der Waals surface area (Å²) >= 11 is 0. The second-order valence-corrected chi connectivity index (χ2v) is 8.05. The highest BCUT2D eigenvalue weighted by molar-refractivity contribution is 5.94. The number of aliphatic imine (C=N–C) groups is 1. The molecule has 15 heteroatoms. The molecule has 12 N–H and O–H groups in total. The van der Waals surface area contributed by atoms with E-state index in [9.17, 15) is 34.2 Å². The zero-order valence-corrected chi connectivity index (χ0v) is 20.0. The molecule has 0 fully saturated rings. The van der Waals surface area contributed by atoms with Crippen LogP contribution in [0.1, 0.15) is 24.8 Å². The number of amides is 3. The Balaban J connectivity index is 2.90. The first kappa shape index (κ1) is 30.8. The third kappa shape index (κ3) is 11.8. The number of hydrogen-bond acceptors (Lipinski definition) is 8. The maximum atomic E-state index is 12.8. The Kier molecular flexibility index (Phi) is 13.1. The highest BCUT2D eigenvalue weighted by Gasteiger charge is 2.30. The minimum atomic E-state index is -1.76. The monoisotopic (exact) mass is 523 g/mol. The van der Waals surface area contributed by atoms with Gasteiger partial charge < -0.3 is 48.5 Å². The van der Waals surface area contributed by atoms with E-state index in [4.69, 9.17) is 22.3 Å². The Labute approximate surface area is 212 Å². The number of hydrogen-bond donors (Lipinski definition) is 9. The molecule has 0 aromatic heterocycles. The van der Waals surface area contributed by atoms with Crippen LogP contribution in [0.4, 0.5) is 0 Å². The van der Waals surface area contributed by atoms with Crippen LogP contribution in [0.3, 0.4) is 0 Å². The van der Waals surface area contributed by atoms with E-state index >= 15 is 0 Å². The fourth-order valence-electron chi connectivity index (χ4n) is 3.13. The zero-order chi connectivity index (χ0) is 28.0. The number of carboxylic acid groups (broad SMARTS) is 2. The molecule has 0 bridgehead atoms. The molecule has 1 rings (SSSR count). The van der Waals surface area contributed by atoms with Gasteiger partial charge in [-0.2, -0.15) is 0 Å². The minimum absolute atomic E-state index is 0.0760. The number of nitrogens with two attached hydrogens (primary N) is 3. The first-order valence-electron chi connectivity index (χ1n) is 11.3. The number of carbonyl (C=O) groups is 5. The minimum Gasteiger partial charge on any atom is -0.481 e. The number of nitrogens with one attached hydrogen (secondary N) is 3. The van der Waals surface area contributed by atoms with E-state index in [2.05, 4.69) is 20.9 Å². The van der Waals surface area contributed by atoms with Crippen LogP contribution in [-0.4, -0.2) is 88.3 Å². The van der Waals surface area contributed by atoms with E-state index in [1.54, 1.807) is 30.3 Å². The van der Waals surface area contributed by atoms with Gasteiger partial charge in [0.1, 0.15) is 18.1 Å². The van der Waals surface area contributed by atoms with Crippen LogP contribution in [0.25, 0.3) is 0 Å². The SMILES string of the molecule is NC(N)=NCCCC(NC(=O)C(CO)NC(=O)C(N)Cc1ccccc1)C(=O)NC(CC(=O)O)C(=O)O. The molecule has 0 aliphatic carbocycles. The van der Waals surface area contributed by atoms with Gasteiger partial charge in [-0.15, -0.1) is 0 Å². The number of aliphatic carboxylic acids is 2. The highest BCUT2D eigenvalue weighted by atomic mass is 16.4. The number of carbonyl (C=O) groups excluding carboxylic acids is 3. The summed E-state index contributed by atoms with van der Waals surface area (Å²) < 4.78 is 0. The molecule has 15 nitrogen and oxygen atoms in total. The first-order chi connectivity index (χ1) is 17.4. The quantitative estimate of drug-likeness (QED) is 0.0585. The number of benzene rings is 1. The molecular weight excluding hydrogens is 490 g/mol. The van der Waals surface area contributed by atoms with Crippen molar-refractivity contribution in [2.45, 2.75) is 49.9 Å². The van der Waals surface area contributed by atoms with E-state index < -0.39 is 66.9 Å². The average Bonchev–Trinajstić information content (AvgIpc) is 2.83. The van der Waals surface area contributed by atoms with Crippen LogP contribution in [0.15, 0.2) is 35.3 Å². The lowest BCUT2D eigenvalue weighted by atomic mass is 10.1. The van der Waals surface area contributed by atoms with E-state index in [-0.39, 0.29) is 31.8 Å². The lowest BCUT2D eigenvalue weighted by Crippen LogP contribution is -2.58. The van der Waals surface area contributed by atoms with Crippen LogP contribution in [0.5, 0.6) is 0 Å². The van der Waals surface area contributed by atoms with Gasteiger partial charge >= 0.3 is 11.9 Å². The van der Waals surface area contributed by atoms with Crippen LogP contribution in [-0.2, 0) is 30.4 Å². The van der Waals surface area contributed by atoms with Crippen LogP contribution >= 0.6 is 0 Å². The van der Waals surface area contributed by atoms with Gasteiger partial charge in [0, 0.05) is 6.54 Å².